The first-order valence-corrected chi connectivity index (χ1v) is 10.4. The lowest BCUT2D eigenvalue weighted by Crippen LogP contribution is -2.65. The summed E-state index contributed by atoms with van der Waals surface area (Å²) in [7, 11) is 0. The Bertz CT molecular complexity index is 460. The van der Waals surface area contributed by atoms with Crippen molar-refractivity contribution in [1.82, 2.24) is 20.9 Å². The van der Waals surface area contributed by atoms with Crippen LogP contribution in [0.15, 0.2) is 0 Å². The van der Waals surface area contributed by atoms with Crippen molar-refractivity contribution in [1.29, 1.82) is 0 Å². The highest BCUT2D eigenvalue weighted by atomic mass is 79.9. The van der Waals surface area contributed by atoms with Crippen molar-refractivity contribution in [3.8, 4) is 0 Å². The first kappa shape index (κ1) is 17.2. The number of fused-ring (bicyclic) bond motifs is 1. The van der Waals surface area contributed by atoms with Gasteiger partial charge in [0.2, 0.25) is 5.91 Å². The maximum atomic E-state index is 12.4. The molecule has 1 aliphatic carbocycles. The zero-order chi connectivity index (χ0) is 16.5. The van der Waals surface area contributed by atoms with E-state index < -0.39 is 0 Å². The second kappa shape index (κ2) is 7.58. The molecular formula is C17H29BrN4O2. The quantitative estimate of drug-likeness (QED) is 0.619. The Balaban J connectivity index is 1.31. The molecular weight excluding hydrogens is 372 g/mol. The van der Waals surface area contributed by atoms with E-state index >= 15 is 0 Å². The summed E-state index contributed by atoms with van der Waals surface area (Å²) in [6, 6.07) is 0.783. The standard InChI is InChI=1S/C17H29BrN4O2/c18-15-6-5-14(24-15)17(23)21-11-3-4-12-13(9-11)19-10-20-16(12)22-7-1-2-8-22/h11-16,19-20H,1-10H2,(H,21,23). The fourth-order valence-corrected chi connectivity index (χ4v) is 5.41. The molecule has 3 N–H and O–H groups in total. The summed E-state index contributed by atoms with van der Waals surface area (Å²) >= 11 is 3.43. The van der Waals surface area contributed by atoms with Crippen LogP contribution in [-0.4, -0.2) is 59.9 Å². The highest BCUT2D eigenvalue weighted by molar-refractivity contribution is 9.09. The number of halogens is 1. The largest absolute Gasteiger partial charge is 0.354 e. The monoisotopic (exact) mass is 400 g/mol. The molecule has 0 aromatic heterocycles. The average molecular weight is 401 g/mol. The number of hydrogen-bond acceptors (Lipinski definition) is 5. The smallest absolute Gasteiger partial charge is 0.249 e. The molecule has 4 rings (SSSR count). The Morgan fingerprint density at radius 3 is 2.71 bits per heavy atom. The number of hydrogen-bond donors (Lipinski definition) is 3. The SMILES string of the molecule is O=C(NC1CCC2C(C1)NCNC2N1CCCC1)C1CCC(Br)O1. The third kappa shape index (κ3) is 3.65. The molecule has 0 aromatic rings. The molecule has 4 fully saturated rings. The normalized spacial score (nSPS) is 43.5. The molecule has 4 aliphatic rings. The van der Waals surface area contributed by atoms with Crippen molar-refractivity contribution >= 4 is 21.8 Å². The van der Waals surface area contributed by atoms with Gasteiger partial charge in [0.1, 0.15) is 11.1 Å². The Morgan fingerprint density at radius 1 is 1.12 bits per heavy atom. The summed E-state index contributed by atoms with van der Waals surface area (Å²) in [6.45, 7) is 3.33. The topological polar surface area (TPSA) is 65.6 Å². The van der Waals surface area contributed by atoms with Crippen LogP contribution in [0.4, 0.5) is 0 Å². The van der Waals surface area contributed by atoms with Gasteiger partial charge in [-0.2, -0.15) is 0 Å². The summed E-state index contributed by atoms with van der Waals surface area (Å²) in [5.41, 5.74) is 0. The number of ether oxygens (including phenoxy) is 1. The number of nitrogens with zero attached hydrogens (tertiary/aromatic N) is 1. The third-order valence-electron chi connectivity index (χ3n) is 6.13. The molecule has 7 heteroatoms. The first-order chi connectivity index (χ1) is 11.7. The van der Waals surface area contributed by atoms with Gasteiger partial charge in [-0.15, -0.1) is 0 Å². The molecule has 0 radical (unpaired) electrons. The van der Waals surface area contributed by atoms with E-state index in [0.717, 1.165) is 32.4 Å². The van der Waals surface area contributed by atoms with Crippen molar-refractivity contribution in [2.24, 2.45) is 5.92 Å². The number of rotatable bonds is 3. The number of carbonyl (C=O) groups is 1. The van der Waals surface area contributed by atoms with E-state index in [1.54, 1.807) is 0 Å². The molecule has 1 saturated carbocycles. The van der Waals surface area contributed by atoms with E-state index in [4.69, 9.17) is 4.74 Å². The van der Waals surface area contributed by atoms with E-state index in [2.05, 4.69) is 36.8 Å². The zero-order valence-electron chi connectivity index (χ0n) is 14.2. The Labute approximate surface area is 152 Å². The van der Waals surface area contributed by atoms with Crippen LogP contribution >= 0.6 is 15.9 Å². The zero-order valence-corrected chi connectivity index (χ0v) is 15.8. The van der Waals surface area contributed by atoms with E-state index in [1.807, 2.05) is 0 Å². The molecule has 0 aromatic carbocycles. The van der Waals surface area contributed by atoms with Crippen LogP contribution in [0.2, 0.25) is 0 Å². The van der Waals surface area contributed by atoms with Crippen molar-refractivity contribution in [2.45, 2.75) is 74.3 Å². The van der Waals surface area contributed by atoms with Gasteiger partial charge >= 0.3 is 0 Å². The molecule has 3 aliphatic heterocycles. The predicted molar refractivity (Wildman–Crippen MR) is 95.6 cm³/mol. The molecule has 136 valence electrons. The van der Waals surface area contributed by atoms with E-state index in [0.29, 0.717) is 18.1 Å². The fraction of sp³-hybridized carbons (Fsp3) is 0.941. The maximum absolute atomic E-state index is 12.4. The minimum Gasteiger partial charge on any atom is -0.354 e. The number of likely N-dealkylation sites (tertiary alicyclic amines) is 1. The van der Waals surface area contributed by atoms with Gasteiger partial charge in [0.25, 0.3) is 0 Å². The average Bonchev–Trinajstić information content (AvgIpc) is 3.25. The van der Waals surface area contributed by atoms with Crippen LogP contribution < -0.4 is 16.0 Å². The van der Waals surface area contributed by atoms with Crippen molar-refractivity contribution in [3.05, 3.63) is 0 Å². The van der Waals surface area contributed by atoms with E-state index in [9.17, 15) is 4.79 Å². The Morgan fingerprint density at radius 2 is 1.96 bits per heavy atom. The van der Waals surface area contributed by atoms with Gasteiger partial charge in [-0.25, -0.2) is 0 Å². The van der Waals surface area contributed by atoms with Gasteiger partial charge in [-0.3, -0.25) is 15.0 Å². The lowest BCUT2D eigenvalue weighted by atomic mass is 9.78. The highest BCUT2D eigenvalue weighted by Crippen LogP contribution is 2.32. The summed E-state index contributed by atoms with van der Waals surface area (Å²) in [5.74, 6) is 0.727. The van der Waals surface area contributed by atoms with E-state index in [1.165, 1.54) is 32.4 Å². The molecule has 0 spiro atoms. The van der Waals surface area contributed by atoms with Crippen molar-refractivity contribution < 1.29 is 9.53 Å². The molecule has 1 amide bonds. The predicted octanol–water partition coefficient (Wildman–Crippen LogP) is 1.11. The Hall–Kier alpha value is -0.210. The molecule has 3 saturated heterocycles. The lowest BCUT2D eigenvalue weighted by Gasteiger charge is -2.48. The summed E-state index contributed by atoms with van der Waals surface area (Å²) in [6.07, 6.45) is 7.92. The minimum atomic E-state index is -0.273. The molecule has 0 bridgehead atoms. The van der Waals surface area contributed by atoms with Crippen LogP contribution in [0.1, 0.15) is 44.9 Å². The first-order valence-electron chi connectivity index (χ1n) is 9.51. The van der Waals surface area contributed by atoms with Crippen LogP contribution in [0.5, 0.6) is 0 Å². The number of amides is 1. The highest BCUT2D eigenvalue weighted by Gasteiger charge is 2.41. The van der Waals surface area contributed by atoms with Gasteiger partial charge in [0.05, 0.1) is 6.17 Å². The summed E-state index contributed by atoms with van der Waals surface area (Å²) < 4.78 is 5.63. The van der Waals surface area contributed by atoms with Gasteiger partial charge in [-0.1, -0.05) is 15.9 Å². The molecule has 3 heterocycles. The summed E-state index contributed by atoms with van der Waals surface area (Å²) in [4.78, 5) is 15.0. The van der Waals surface area contributed by atoms with Gasteiger partial charge in [-0.05, 0) is 58.0 Å². The van der Waals surface area contributed by atoms with Crippen LogP contribution in [-0.2, 0) is 9.53 Å². The van der Waals surface area contributed by atoms with Crippen LogP contribution in [0, 0.1) is 5.92 Å². The van der Waals surface area contributed by atoms with Gasteiger partial charge in [0, 0.05) is 24.7 Å². The van der Waals surface area contributed by atoms with Gasteiger partial charge < -0.3 is 15.4 Å². The van der Waals surface area contributed by atoms with Crippen molar-refractivity contribution in [3.63, 3.8) is 0 Å². The third-order valence-corrected chi connectivity index (χ3v) is 6.80. The van der Waals surface area contributed by atoms with Crippen LogP contribution in [0.3, 0.4) is 0 Å². The number of nitrogens with one attached hydrogen (secondary N) is 3. The number of carbonyl (C=O) groups excluding carboxylic acids is 1. The fourth-order valence-electron chi connectivity index (χ4n) is 4.89. The summed E-state index contributed by atoms with van der Waals surface area (Å²) in [5, 5.41) is 10.6. The number of alkyl halides is 1. The lowest BCUT2D eigenvalue weighted by molar-refractivity contribution is -0.131. The van der Waals surface area contributed by atoms with Crippen LogP contribution in [0.25, 0.3) is 0 Å². The maximum Gasteiger partial charge on any atom is 0.249 e. The van der Waals surface area contributed by atoms with Gasteiger partial charge in [0.15, 0.2) is 0 Å². The molecule has 24 heavy (non-hydrogen) atoms. The van der Waals surface area contributed by atoms with E-state index in [-0.39, 0.29) is 23.1 Å². The second-order valence-corrected chi connectivity index (χ2v) is 8.70. The second-order valence-electron chi connectivity index (χ2n) is 7.67. The minimum absolute atomic E-state index is 0.0382. The molecule has 6 unspecified atom stereocenters. The molecule has 6 nitrogen and oxygen atoms in total. The Kier molecular flexibility index (Phi) is 5.44. The van der Waals surface area contributed by atoms with Crippen molar-refractivity contribution in [2.75, 3.05) is 19.8 Å². The molecule has 6 atom stereocenters.